The van der Waals surface area contributed by atoms with E-state index in [1.807, 2.05) is 66.7 Å². The molecule has 0 unspecified atom stereocenters. The Morgan fingerprint density at radius 1 is 0.903 bits per heavy atom. The minimum absolute atomic E-state index is 0.0809. The highest BCUT2D eigenvalue weighted by molar-refractivity contribution is 5.87. The van der Waals surface area contributed by atoms with Crippen LogP contribution in [-0.4, -0.2) is 15.5 Å². The molecular formula is C27H24N2O2. The summed E-state index contributed by atoms with van der Waals surface area (Å²) in [6.07, 6.45) is 0.657. The summed E-state index contributed by atoms with van der Waals surface area (Å²) in [5.41, 5.74) is 5.20. The normalized spacial score (nSPS) is 10.6. The molecule has 4 aromatic rings. The summed E-state index contributed by atoms with van der Waals surface area (Å²) in [4.78, 5) is 17.0. The monoisotopic (exact) mass is 408 g/mol. The molecule has 0 aliphatic carbocycles. The quantitative estimate of drug-likeness (QED) is 0.289. The van der Waals surface area contributed by atoms with E-state index in [1.165, 1.54) is 0 Å². The van der Waals surface area contributed by atoms with Crippen LogP contribution in [0, 0.1) is 0 Å². The van der Waals surface area contributed by atoms with E-state index in [9.17, 15) is 4.79 Å². The Morgan fingerprint density at radius 2 is 1.48 bits per heavy atom. The lowest BCUT2D eigenvalue weighted by Crippen LogP contribution is -2.06. The summed E-state index contributed by atoms with van der Waals surface area (Å²) in [5.74, 6) is 0.468. The highest BCUT2D eigenvalue weighted by Gasteiger charge is 2.21. The average molecular weight is 409 g/mol. The lowest BCUT2D eigenvalue weighted by Gasteiger charge is -2.13. The fraction of sp³-hybridized carbons (Fsp3) is 0.111. The fourth-order valence-electron chi connectivity index (χ4n) is 3.52. The van der Waals surface area contributed by atoms with Gasteiger partial charge in [0.15, 0.2) is 0 Å². The second kappa shape index (κ2) is 9.26. The summed E-state index contributed by atoms with van der Waals surface area (Å²) in [7, 11) is 0. The van der Waals surface area contributed by atoms with Gasteiger partial charge in [0.25, 0.3) is 0 Å². The molecule has 0 spiro atoms. The third kappa shape index (κ3) is 4.64. The second-order valence-electron chi connectivity index (χ2n) is 7.38. The van der Waals surface area contributed by atoms with Gasteiger partial charge in [-0.15, -0.1) is 0 Å². The molecule has 4 heteroatoms. The van der Waals surface area contributed by atoms with Crippen LogP contribution in [0.4, 0.5) is 0 Å². The smallest absolute Gasteiger partial charge is 0.333 e. The number of esters is 1. The first kappa shape index (κ1) is 20.4. The van der Waals surface area contributed by atoms with E-state index in [4.69, 9.17) is 9.72 Å². The molecule has 0 fully saturated rings. The minimum Gasteiger partial charge on any atom is -0.456 e. The first-order valence-electron chi connectivity index (χ1n) is 10.2. The average Bonchev–Trinajstić information content (AvgIpc) is 3.17. The zero-order valence-electron chi connectivity index (χ0n) is 17.5. The van der Waals surface area contributed by atoms with Crippen molar-refractivity contribution in [3.8, 4) is 16.9 Å². The second-order valence-corrected chi connectivity index (χ2v) is 7.38. The lowest BCUT2D eigenvalue weighted by molar-refractivity contribution is -0.140. The molecule has 0 radical (unpaired) electrons. The molecule has 0 atom stereocenters. The van der Waals surface area contributed by atoms with Gasteiger partial charge in [-0.3, -0.25) is 4.57 Å². The first-order chi connectivity index (χ1) is 15.1. The number of hydrogen-bond acceptors (Lipinski definition) is 3. The minimum atomic E-state index is -0.419. The van der Waals surface area contributed by atoms with Crippen LogP contribution in [0.3, 0.4) is 0 Å². The zero-order chi connectivity index (χ0) is 21.6. The molecule has 3 aromatic carbocycles. The Hall–Kier alpha value is -3.92. The molecule has 0 aliphatic rings. The van der Waals surface area contributed by atoms with Gasteiger partial charge < -0.3 is 4.74 Å². The predicted octanol–water partition coefficient (Wildman–Crippen LogP) is 5.75. The molecule has 0 saturated heterocycles. The number of rotatable bonds is 7. The van der Waals surface area contributed by atoms with Crippen LogP contribution < -0.4 is 0 Å². The molecule has 154 valence electrons. The highest BCUT2D eigenvalue weighted by atomic mass is 16.5. The maximum absolute atomic E-state index is 12.1. The SMILES string of the molecule is C=C(C)C(=O)OCc1nc(Cc2ccccc2)n(-c2ccccc2)c1-c1ccccc1. The fourth-order valence-corrected chi connectivity index (χ4v) is 3.52. The van der Waals surface area contributed by atoms with Crippen LogP contribution in [-0.2, 0) is 22.6 Å². The molecule has 1 heterocycles. The Balaban J connectivity index is 1.87. The van der Waals surface area contributed by atoms with Gasteiger partial charge in [-0.05, 0) is 24.6 Å². The maximum atomic E-state index is 12.1. The van der Waals surface area contributed by atoms with Crippen LogP contribution in [0.1, 0.15) is 24.0 Å². The van der Waals surface area contributed by atoms with Crippen molar-refractivity contribution < 1.29 is 9.53 Å². The number of aromatic nitrogens is 2. The van der Waals surface area contributed by atoms with E-state index < -0.39 is 5.97 Å². The van der Waals surface area contributed by atoms with Crippen LogP contribution in [0.25, 0.3) is 16.9 Å². The van der Waals surface area contributed by atoms with Gasteiger partial charge in [-0.25, -0.2) is 9.78 Å². The predicted molar refractivity (Wildman–Crippen MR) is 123 cm³/mol. The van der Waals surface area contributed by atoms with Gasteiger partial charge in [0.05, 0.1) is 5.69 Å². The van der Waals surface area contributed by atoms with Gasteiger partial charge in [-0.1, -0.05) is 85.4 Å². The van der Waals surface area contributed by atoms with Crippen molar-refractivity contribution in [3.05, 3.63) is 120 Å². The van der Waals surface area contributed by atoms with E-state index >= 15 is 0 Å². The number of imidazole rings is 1. The van der Waals surface area contributed by atoms with E-state index in [0.29, 0.717) is 12.0 Å². The van der Waals surface area contributed by atoms with Gasteiger partial charge in [-0.2, -0.15) is 0 Å². The number of para-hydroxylation sites is 1. The molecule has 0 amide bonds. The number of carbonyl (C=O) groups excluding carboxylic acids is 1. The third-order valence-corrected chi connectivity index (χ3v) is 4.97. The molecule has 4 nitrogen and oxygen atoms in total. The standard InChI is InChI=1S/C27H24N2O2/c1-20(2)27(30)31-19-24-26(22-14-8-4-9-15-22)29(23-16-10-5-11-17-23)25(28-24)18-21-12-6-3-7-13-21/h3-17H,1,18-19H2,2H3. The van der Waals surface area contributed by atoms with E-state index in [2.05, 4.69) is 35.4 Å². The van der Waals surface area contributed by atoms with E-state index in [1.54, 1.807) is 6.92 Å². The molecule has 0 saturated carbocycles. The van der Waals surface area contributed by atoms with Crippen molar-refractivity contribution in [2.45, 2.75) is 20.0 Å². The van der Waals surface area contributed by atoms with Crippen LogP contribution in [0.2, 0.25) is 0 Å². The summed E-state index contributed by atoms with van der Waals surface area (Å²) < 4.78 is 7.65. The summed E-state index contributed by atoms with van der Waals surface area (Å²) in [5, 5.41) is 0. The Kier molecular flexibility index (Phi) is 6.08. The summed E-state index contributed by atoms with van der Waals surface area (Å²) >= 11 is 0. The van der Waals surface area contributed by atoms with Crippen LogP contribution >= 0.6 is 0 Å². The zero-order valence-corrected chi connectivity index (χ0v) is 17.5. The number of hydrogen-bond donors (Lipinski definition) is 0. The van der Waals surface area contributed by atoms with E-state index in [-0.39, 0.29) is 6.61 Å². The third-order valence-electron chi connectivity index (χ3n) is 4.97. The number of benzene rings is 3. The van der Waals surface area contributed by atoms with Crippen molar-refractivity contribution in [2.24, 2.45) is 0 Å². The first-order valence-corrected chi connectivity index (χ1v) is 10.2. The summed E-state index contributed by atoms with van der Waals surface area (Å²) in [6, 6.07) is 30.5. The molecule has 0 N–H and O–H groups in total. The Bertz CT molecular complexity index is 1180. The van der Waals surface area contributed by atoms with E-state index in [0.717, 1.165) is 34.0 Å². The number of nitrogens with zero attached hydrogens (tertiary/aromatic N) is 2. The molecule has 31 heavy (non-hydrogen) atoms. The van der Waals surface area contributed by atoms with Crippen LogP contribution in [0.15, 0.2) is 103 Å². The van der Waals surface area contributed by atoms with Crippen molar-refractivity contribution in [2.75, 3.05) is 0 Å². The van der Waals surface area contributed by atoms with Gasteiger partial charge in [0, 0.05) is 23.2 Å². The van der Waals surface area contributed by atoms with Gasteiger partial charge >= 0.3 is 5.97 Å². The Morgan fingerprint density at radius 3 is 2.10 bits per heavy atom. The largest absolute Gasteiger partial charge is 0.456 e. The van der Waals surface area contributed by atoms with Gasteiger partial charge in [0.1, 0.15) is 18.1 Å². The van der Waals surface area contributed by atoms with Gasteiger partial charge in [0.2, 0.25) is 0 Å². The summed E-state index contributed by atoms with van der Waals surface area (Å²) in [6.45, 7) is 5.40. The topological polar surface area (TPSA) is 44.1 Å². The highest BCUT2D eigenvalue weighted by Crippen LogP contribution is 2.30. The van der Waals surface area contributed by atoms with Crippen LogP contribution in [0.5, 0.6) is 0 Å². The van der Waals surface area contributed by atoms with Crippen molar-refractivity contribution >= 4 is 5.97 Å². The number of carbonyl (C=O) groups is 1. The van der Waals surface area contributed by atoms with Crippen molar-refractivity contribution in [1.82, 2.24) is 9.55 Å². The lowest BCUT2D eigenvalue weighted by atomic mass is 10.1. The van der Waals surface area contributed by atoms with Crippen molar-refractivity contribution in [1.29, 1.82) is 0 Å². The molecule has 1 aromatic heterocycles. The molecular weight excluding hydrogens is 384 g/mol. The molecule has 0 aliphatic heterocycles. The Labute approximate surface area is 182 Å². The van der Waals surface area contributed by atoms with Crippen molar-refractivity contribution in [3.63, 3.8) is 0 Å². The number of ether oxygens (including phenoxy) is 1. The molecule has 4 rings (SSSR count). The molecule has 0 bridgehead atoms. The maximum Gasteiger partial charge on any atom is 0.333 e.